The minimum Gasteiger partial charge on any atom is -0.391 e. The molecule has 9 nitrogen and oxygen atoms in total. The molecule has 2 aromatic rings. The number of likely N-dealkylation sites (tertiary alicyclic amines) is 1. The summed E-state index contributed by atoms with van der Waals surface area (Å²) in [7, 11) is 0. The van der Waals surface area contributed by atoms with Crippen molar-refractivity contribution in [2.24, 2.45) is 11.1 Å². The van der Waals surface area contributed by atoms with Crippen LogP contribution < -0.4 is 16.4 Å². The summed E-state index contributed by atoms with van der Waals surface area (Å²) in [6.07, 6.45) is -0.680. The van der Waals surface area contributed by atoms with Crippen LogP contribution in [-0.2, 0) is 20.9 Å². The fraction of sp³-hybridized carbons (Fsp3) is 0.520. The highest BCUT2D eigenvalue weighted by Crippen LogP contribution is 2.28. The summed E-state index contributed by atoms with van der Waals surface area (Å²) >= 11 is 1.58. The number of carbonyl (C=O) groups excluding carboxylic acids is 3. The number of carbonyl (C=O) groups is 3. The van der Waals surface area contributed by atoms with E-state index in [9.17, 15) is 19.5 Å². The number of aliphatic hydroxyl groups is 1. The number of thiazole rings is 1. The highest BCUT2D eigenvalue weighted by Gasteiger charge is 2.44. The van der Waals surface area contributed by atoms with E-state index in [0.717, 1.165) is 21.7 Å². The first-order chi connectivity index (χ1) is 16.4. The molecule has 1 aromatic heterocycles. The van der Waals surface area contributed by atoms with Gasteiger partial charge in [0.2, 0.25) is 17.7 Å². The first kappa shape index (κ1) is 32.8. The number of halogens is 2. The highest BCUT2D eigenvalue weighted by molar-refractivity contribution is 7.13. The topological polar surface area (TPSA) is 138 Å². The monoisotopic (exact) mass is 573 g/mol. The number of hydrogen-bond donors (Lipinski definition) is 4. The number of amides is 3. The molecule has 0 saturated carbocycles. The molecule has 0 radical (unpaired) electrons. The third kappa shape index (κ3) is 8.12. The fourth-order valence-electron chi connectivity index (χ4n) is 4.05. The molecule has 1 aromatic carbocycles. The summed E-state index contributed by atoms with van der Waals surface area (Å²) in [5, 5.41) is 15.9. The van der Waals surface area contributed by atoms with Gasteiger partial charge in [0.1, 0.15) is 12.1 Å². The van der Waals surface area contributed by atoms with Gasteiger partial charge in [-0.1, -0.05) is 45.0 Å². The van der Waals surface area contributed by atoms with Gasteiger partial charge in [-0.3, -0.25) is 14.4 Å². The minimum atomic E-state index is -0.885. The average Bonchev–Trinajstić information content (AvgIpc) is 3.40. The highest BCUT2D eigenvalue weighted by atomic mass is 35.5. The van der Waals surface area contributed by atoms with E-state index in [1.54, 1.807) is 18.3 Å². The van der Waals surface area contributed by atoms with E-state index < -0.39 is 41.5 Å². The number of aromatic nitrogens is 1. The molecule has 0 spiro atoms. The number of nitrogens with zero attached hydrogens (tertiary/aromatic N) is 2. The lowest BCUT2D eigenvalue weighted by atomic mass is 9.85. The van der Waals surface area contributed by atoms with Crippen LogP contribution in [0.1, 0.15) is 45.4 Å². The molecule has 1 aliphatic rings. The molecule has 4 atom stereocenters. The van der Waals surface area contributed by atoms with Gasteiger partial charge in [-0.2, -0.15) is 0 Å². The maximum Gasteiger partial charge on any atom is 0.246 e. The Hall–Kier alpha value is -2.24. The molecule has 2 heterocycles. The molecule has 0 aliphatic carbocycles. The van der Waals surface area contributed by atoms with Gasteiger partial charge in [-0.25, -0.2) is 4.98 Å². The molecule has 206 valence electrons. The largest absolute Gasteiger partial charge is 0.391 e. The number of nitrogens with one attached hydrogen (secondary N) is 2. The van der Waals surface area contributed by atoms with Crippen molar-refractivity contribution < 1.29 is 19.5 Å². The fourth-order valence-corrected chi connectivity index (χ4v) is 4.87. The summed E-state index contributed by atoms with van der Waals surface area (Å²) in [5.74, 6) is -1.20. The van der Waals surface area contributed by atoms with Gasteiger partial charge in [0, 0.05) is 19.5 Å². The lowest BCUT2D eigenvalue weighted by molar-refractivity contribution is -0.144. The Kier molecular flexibility index (Phi) is 12.0. The number of nitrogens with two attached hydrogens (primary N) is 1. The summed E-state index contributed by atoms with van der Waals surface area (Å²) in [4.78, 5) is 45.5. The quantitative estimate of drug-likeness (QED) is 0.401. The molecule has 1 fully saturated rings. The zero-order valence-electron chi connectivity index (χ0n) is 21.7. The van der Waals surface area contributed by atoms with Crippen molar-refractivity contribution in [2.75, 3.05) is 6.54 Å². The summed E-state index contributed by atoms with van der Waals surface area (Å²) in [5.41, 5.74) is 9.83. The van der Waals surface area contributed by atoms with Gasteiger partial charge in [-0.05, 0) is 30.4 Å². The number of rotatable bonds is 7. The number of hydrogen-bond acceptors (Lipinski definition) is 7. The van der Waals surface area contributed by atoms with Crippen LogP contribution in [0.25, 0.3) is 10.4 Å². The van der Waals surface area contributed by atoms with Crippen molar-refractivity contribution in [3.63, 3.8) is 0 Å². The Morgan fingerprint density at radius 2 is 1.84 bits per heavy atom. The van der Waals surface area contributed by atoms with E-state index in [1.807, 2.05) is 57.5 Å². The summed E-state index contributed by atoms with van der Waals surface area (Å²) in [6.45, 7) is 9.32. The number of aryl methyl sites for hydroxylation is 1. The van der Waals surface area contributed by atoms with Crippen molar-refractivity contribution in [1.29, 1.82) is 0 Å². The zero-order chi connectivity index (χ0) is 25.9. The van der Waals surface area contributed by atoms with Crippen LogP contribution >= 0.6 is 36.2 Å². The van der Waals surface area contributed by atoms with Gasteiger partial charge in [0.25, 0.3) is 0 Å². The van der Waals surface area contributed by atoms with Crippen LogP contribution in [0.5, 0.6) is 0 Å². The number of aliphatic hydroxyl groups excluding tert-OH is 1. The van der Waals surface area contributed by atoms with E-state index >= 15 is 0 Å². The lowest BCUT2D eigenvalue weighted by Crippen LogP contribution is -2.59. The Bertz CT molecular complexity index is 1070. The lowest BCUT2D eigenvalue weighted by Gasteiger charge is -2.35. The standard InChI is InChI=1S/C25H35N5O4S.2ClH/c1-14(26)22(32)29-21(25(3,4)5)24(34)30-12-18(31)10-19(30)23(33)27-11-16-6-8-17(9-7-16)20-15(2)28-13-35-20;;/h6-9,13-14,18-19,21,31H,10-12,26H2,1-5H3,(H,27,33)(H,29,32);2*1H/t14-,18-,19+,21-;;/m1../s1. The van der Waals surface area contributed by atoms with E-state index in [-0.39, 0.29) is 43.7 Å². The first-order valence-electron chi connectivity index (χ1n) is 11.7. The Labute approximate surface area is 234 Å². The third-order valence-corrected chi connectivity index (χ3v) is 7.08. The predicted octanol–water partition coefficient (Wildman–Crippen LogP) is 2.42. The van der Waals surface area contributed by atoms with Crippen molar-refractivity contribution in [3.8, 4) is 10.4 Å². The van der Waals surface area contributed by atoms with Crippen molar-refractivity contribution in [2.45, 2.75) is 71.8 Å². The second-order valence-electron chi connectivity index (χ2n) is 10.2. The van der Waals surface area contributed by atoms with E-state index in [1.165, 1.54) is 4.90 Å². The molecular weight excluding hydrogens is 537 g/mol. The summed E-state index contributed by atoms with van der Waals surface area (Å²) in [6, 6.07) is 5.39. The van der Waals surface area contributed by atoms with Crippen LogP contribution in [0.4, 0.5) is 0 Å². The molecule has 1 saturated heterocycles. The molecule has 12 heteroatoms. The normalized spacial score (nSPS) is 18.7. The number of β-amino-alcohol motifs (C(OH)–C–C–N with tert-alkyl or cyclic N) is 1. The van der Waals surface area contributed by atoms with E-state index in [0.29, 0.717) is 6.54 Å². The predicted molar refractivity (Wildman–Crippen MR) is 150 cm³/mol. The van der Waals surface area contributed by atoms with Gasteiger partial charge >= 0.3 is 0 Å². The molecule has 5 N–H and O–H groups in total. The van der Waals surface area contributed by atoms with Crippen LogP contribution in [0.3, 0.4) is 0 Å². The second kappa shape index (κ2) is 13.5. The Balaban J connectivity index is 0.00000342. The molecule has 37 heavy (non-hydrogen) atoms. The molecule has 0 bridgehead atoms. The van der Waals surface area contributed by atoms with E-state index in [2.05, 4.69) is 15.6 Å². The van der Waals surface area contributed by atoms with Crippen molar-refractivity contribution >= 4 is 53.9 Å². The maximum atomic E-state index is 13.4. The van der Waals surface area contributed by atoms with Crippen molar-refractivity contribution in [3.05, 3.63) is 41.0 Å². The van der Waals surface area contributed by atoms with Crippen LogP contribution in [0.2, 0.25) is 0 Å². The van der Waals surface area contributed by atoms with Crippen LogP contribution in [0.15, 0.2) is 29.8 Å². The Morgan fingerprint density at radius 1 is 1.22 bits per heavy atom. The second-order valence-corrected chi connectivity index (χ2v) is 11.0. The van der Waals surface area contributed by atoms with Gasteiger partial charge in [0.15, 0.2) is 0 Å². The van der Waals surface area contributed by atoms with Crippen molar-refractivity contribution in [1.82, 2.24) is 20.5 Å². The molecular formula is C25H37Cl2N5O4S. The van der Waals surface area contributed by atoms with Crippen LogP contribution in [0, 0.1) is 12.3 Å². The van der Waals surface area contributed by atoms with Gasteiger partial charge in [0.05, 0.1) is 28.2 Å². The zero-order valence-corrected chi connectivity index (χ0v) is 24.1. The molecule has 3 amide bonds. The van der Waals surface area contributed by atoms with Gasteiger partial charge < -0.3 is 26.4 Å². The first-order valence-corrected chi connectivity index (χ1v) is 12.6. The third-order valence-electron chi connectivity index (χ3n) is 6.11. The summed E-state index contributed by atoms with van der Waals surface area (Å²) < 4.78 is 0. The maximum absolute atomic E-state index is 13.4. The van der Waals surface area contributed by atoms with E-state index in [4.69, 9.17) is 5.73 Å². The average molecular weight is 575 g/mol. The number of benzene rings is 1. The van der Waals surface area contributed by atoms with Crippen LogP contribution in [-0.4, -0.2) is 63.5 Å². The SMILES string of the molecule is Cc1ncsc1-c1ccc(CNC(=O)[C@@H]2C[C@@H](O)CN2C(=O)[C@@H](NC(=O)[C@@H](C)N)C(C)(C)C)cc1.Cl.Cl. The molecule has 3 rings (SSSR count). The smallest absolute Gasteiger partial charge is 0.246 e. The minimum absolute atomic E-state index is 0. The Morgan fingerprint density at radius 3 is 2.35 bits per heavy atom. The molecule has 0 unspecified atom stereocenters. The van der Waals surface area contributed by atoms with Gasteiger partial charge in [-0.15, -0.1) is 36.2 Å². The molecule has 1 aliphatic heterocycles.